The van der Waals surface area contributed by atoms with Crippen LogP contribution in [0.1, 0.15) is 11.6 Å². The zero-order valence-corrected chi connectivity index (χ0v) is 26.2. The minimum atomic E-state index is -0.489. The van der Waals surface area contributed by atoms with Crippen LogP contribution in [-0.4, -0.2) is 52.0 Å². The van der Waals surface area contributed by atoms with E-state index in [0.29, 0.717) is 47.9 Å². The minimum absolute atomic E-state index is 0.00401. The van der Waals surface area contributed by atoms with Crippen LogP contribution in [0, 0.1) is 34.1 Å². The third kappa shape index (κ3) is 7.47. The normalized spacial score (nSPS) is 10.9. The summed E-state index contributed by atoms with van der Waals surface area (Å²) in [7, 11) is 0. The SMILES string of the molecule is Cc1nc([N+](=O)[O-])cn1CCNc1ccnc2cc(Cl)ccc12.Cc1ncc([N+](=O)[O-])n1CCNc1ccnc2cc(Cl)ccc12. The predicted octanol–water partition coefficient (Wildman–Crippen LogP) is 6.83. The Balaban J connectivity index is 0.000000181. The molecule has 2 aromatic carbocycles. The maximum absolute atomic E-state index is 11.0. The summed E-state index contributed by atoms with van der Waals surface area (Å²) in [4.78, 5) is 37.3. The highest BCUT2D eigenvalue weighted by Gasteiger charge is 2.17. The van der Waals surface area contributed by atoms with Crippen LogP contribution in [0.3, 0.4) is 0 Å². The van der Waals surface area contributed by atoms with Crippen LogP contribution >= 0.6 is 23.2 Å². The van der Waals surface area contributed by atoms with E-state index < -0.39 is 9.85 Å². The van der Waals surface area contributed by atoms with Gasteiger partial charge in [0.05, 0.1) is 17.6 Å². The van der Waals surface area contributed by atoms with E-state index in [9.17, 15) is 20.2 Å². The van der Waals surface area contributed by atoms with Crippen molar-refractivity contribution in [1.82, 2.24) is 29.1 Å². The van der Waals surface area contributed by atoms with Gasteiger partial charge in [0, 0.05) is 71.5 Å². The molecule has 236 valence electrons. The van der Waals surface area contributed by atoms with Crippen molar-refractivity contribution in [3.63, 3.8) is 0 Å². The Morgan fingerprint density at radius 3 is 1.85 bits per heavy atom. The number of nitrogens with one attached hydrogen (secondary N) is 2. The Morgan fingerprint density at radius 1 is 0.761 bits per heavy atom. The maximum atomic E-state index is 11.0. The number of nitrogens with zero attached hydrogens (tertiary/aromatic N) is 8. The first-order chi connectivity index (χ1) is 22.1. The zero-order valence-electron chi connectivity index (χ0n) is 24.7. The molecule has 0 amide bonds. The van der Waals surface area contributed by atoms with E-state index in [-0.39, 0.29) is 11.6 Å². The van der Waals surface area contributed by atoms with E-state index in [2.05, 4.69) is 30.6 Å². The Morgan fingerprint density at radius 2 is 1.33 bits per heavy atom. The molecule has 0 aliphatic carbocycles. The lowest BCUT2D eigenvalue weighted by Gasteiger charge is -2.10. The first-order valence-electron chi connectivity index (χ1n) is 14.0. The highest BCUT2D eigenvalue weighted by atomic mass is 35.5. The number of hydrogen-bond donors (Lipinski definition) is 2. The van der Waals surface area contributed by atoms with Gasteiger partial charge in [0.25, 0.3) is 0 Å². The van der Waals surface area contributed by atoms with Gasteiger partial charge in [-0.15, -0.1) is 0 Å². The van der Waals surface area contributed by atoms with Crippen LogP contribution in [0.4, 0.5) is 23.0 Å². The van der Waals surface area contributed by atoms with E-state index in [1.807, 2.05) is 42.5 Å². The van der Waals surface area contributed by atoms with E-state index in [0.717, 1.165) is 33.2 Å². The second-order valence-electron chi connectivity index (χ2n) is 10.1. The first-order valence-corrected chi connectivity index (χ1v) is 14.8. The molecule has 0 atom stereocenters. The van der Waals surface area contributed by atoms with Crippen molar-refractivity contribution >= 4 is 68.0 Å². The predicted molar refractivity (Wildman–Crippen MR) is 178 cm³/mol. The van der Waals surface area contributed by atoms with Crippen molar-refractivity contribution in [2.24, 2.45) is 0 Å². The lowest BCUT2D eigenvalue weighted by molar-refractivity contribution is -0.392. The lowest BCUT2D eigenvalue weighted by Crippen LogP contribution is -2.13. The molecule has 6 rings (SSSR count). The van der Waals surface area contributed by atoms with Gasteiger partial charge in [-0.3, -0.25) is 9.97 Å². The number of benzene rings is 2. The molecule has 46 heavy (non-hydrogen) atoms. The van der Waals surface area contributed by atoms with Crippen LogP contribution in [0.2, 0.25) is 10.0 Å². The first kappa shape index (κ1) is 32.1. The molecule has 0 aliphatic rings. The molecule has 0 saturated carbocycles. The molecule has 0 bridgehead atoms. The number of hydrogen-bond acceptors (Lipinski definition) is 10. The van der Waals surface area contributed by atoms with Crippen LogP contribution in [0.5, 0.6) is 0 Å². The zero-order chi connectivity index (χ0) is 32.8. The highest BCUT2D eigenvalue weighted by Crippen LogP contribution is 2.25. The van der Waals surface area contributed by atoms with E-state index >= 15 is 0 Å². The van der Waals surface area contributed by atoms with Gasteiger partial charge in [0.15, 0.2) is 5.82 Å². The molecule has 0 aliphatic heterocycles. The quantitative estimate of drug-likeness (QED) is 0.117. The smallest absolute Gasteiger partial charge is 0.381 e. The Kier molecular flexibility index (Phi) is 9.88. The van der Waals surface area contributed by atoms with Gasteiger partial charge in [-0.05, 0) is 63.4 Å². The highest BCUT2D eigenvalue weighted by molar-refractivity contribution is 6.31. The summed E-state index contributed by atoms with van der Waals surface area (Å²) in [6.07, 6.45) is 6.14. The number of anilines is 2. The van der Waals surface area contributed by atoms with Crippen LogP contribution in [-0.2, 0) is 13.1 Å². The van der Waals surface area contributed by atoms with Crippen molar-refractivity contribution < 1.29 is 9.85 Å². The van der Waals surface area contributed by atoms with Gasteiger partial charge in [0.2, 0.25) is 5.82 Å². The average Bonchev–Trinajstić information content (AvgIpc) is 3.59. The Bertz CT molecular complexity index is 2050. The van der Waals surface area contributed by atoms with Crippen molar-refractivity contribution in [1.29, 1.82) is 0 Å². The number of imidazole rings is 2. The molecule has 0 spiro atoms. The molecular formula is C30H28Cl2N10O4. The summed E-state index contributed by atoms with van der Waals surface area (Å²) in [5.41, 5.74) is 3.47. The lowest BCUT2D eigenvalue weighted by atomic mass is 10.2. The molecule has 0 radical (unpaired) electrons. The van der Waals surface area contributed by atoms with Crippen LogP contribution in [0.25, 0.3) is 21.8 Å². The second kappa shape index (κ2) is 14.2. The number of aryl methyl sites for hydroxylation is 2. The topological polar surface area (TPSA) is 172 Å². The van der Waals surface area contributed by atoms with E-state index in [4.69, 9.17) is 23.2 Å². The molecule has 0 unspecified atom stereocenters. The molecule has 6 aromatic rings. The molecule has 4 heterocycles. The minimum Gasteiger partial charge on any atom is -0.383 e. The summed E-state index contributed by atoms with van der Waals surface area (Å²) < 4.78 is 3.33. The van der Waals surface area contributed by atoms with E-state index in [1.54, 1.807) is 41.4 Å². The third-order valence-electron chi connectivity index (χ3n) is 7.10. The largest absolute Gasteiger partial charge is 0.383 e. The van der Waals surface area contributed by atoms with Crippen molar-refractivity contribution in [3.05, 3.63) is 115 Å². The van der Waals surface area contributed by atoms with Crippen LogP contribution < -0.4 is 10.6 Å². The summed E-state index contributed by atoms with van der Waals surface area (Å²) >= 11 is 11.9. The summed E-state index contributed by atoms with van der Waals surface area (Å²) in [5.74, 6) is 1.09. The molecule has 14 nitrogen and oxygen atoms in total. The molecule has 2 N–H and O–H groups in total. The molecule has 16 heteroatoms. The Labute approximate surface area is 272 Å². The van der Waals surface area contributed by atoms with Gasteiger partial charge < -0.3 is 35.4 Å². The third-order valence-corrected chi connectivity index (χ3v) is 7.57. The fourth-order valence-corrected chi connectivity index (χ4v) is 5.18. The fourth-order valence-electron chi connectivity index (χ4n) is 4.85. The number of rotatable bonds is 10. The van der Waals surface area contributed by atoms with Crippen molar-refractivity contribution in [2.75, 3.05) is 23.7 Å². The molecule has 0 saturated heterocycles. The summed E-state index contributed by atoms with van der Waals surface area (Å²) in [6.45, 7) is 5.65. The Hall–Kier alpha value is -5.34. The monoisotopic (exact) mass is 662 g/mol. The van der Waals surface area contributed by atoms with Gasteiger partial charge in [-0.1, -0.05) is 23.2 Å². The summed E-state index contributed by atoms with van der Waals surface area (Å²) in [5, 5.41) is 31.5. The van der Waals surface area contributed by atoms with Gasteiger partial charge >= 0.3 is 11.6 Å². The maximum Gasteiger partial charge on any atom is 0.381 e. The second-order valence-corrected chi connectivity index (χ2v) is 10.9. The molecule has 0 fully saturated rings. The summed E-state index contributed by atoms with van der Waals surface area (Å²) in [6, 6.07) is 14.8. The van der Waals surface area contributed by atoms with E-state index in [1.165, 1.54) is 12.4 Å². The van der Waals surface area contributed by atoms with Gasteiger partial charge in [-0.25, -0.2) is 9.55 Å². The number of fused-ring (bicyclic) bond motifs is 2. The number of aromatic nitrogens is 6. The average molecular weight is 664 g/mol. The van der Waals surface area contributed by atoms with Crippen LogP contribution in [0.15, 0.2) is 73.3 Å². The van der Waals surface area contributed by atoms with Crippen molar-refractivity contribution in [3.8, 4) is 0 Å². The number of halogens is 2. The van der Waals surface area contributed by atoms with Gasteiger partial charge in [0.1, 0.15) is 18.9 Å². The fraction of sp³-hybridized carbons (Fsp3) is 0.200. The number of pyridine rings is 2. The molecular weight excluding hydrogens is 635 g/mol. The standard InChI is InChI=1S/2C15H14ClN5O2/c1-10-19-15(21(22)23)9-20(10)7-6-18-13-4-5-17-14-8-11(16)2-3-12(13)14;1-10-19-9-15(21(22)23)20(10)7-6-18-13-4-5-17-14-8-11(16)2-3-12(13)14/h2*2-5,8-9H,6-7H2,1H3,(H,17,18). The molecule has 4 aromatic heterocycles. The number of nitro groups is 2. The van der Waals surface area contributed by atoms with Crippen molar-refractivity contribution in [2.45, 2.75) is 26.9 Å². The van der Waals surface area contributed by atoms with Gasteiger partial charge in [-0.2, -0.15) is 0 Å².